The van der Waals surface area contributed by atoms with Crippen LogP contribution in [0.1, 0.15) is 46.5 Å². The van der Waals surface area contributed by atoms with Crippen molar-refractivity contribution >= 4 is 15.7 Å². The van der Waals surface area contributed by atoms with Gasteiger partial charge in [0.2, 0.25) is 10.0 Å². The SMILES string of the molecule is COc1ccc(NC[C@H]2CC[C@H](NS(=O)(=O)C(C)(C)C)CC2)cc1OC. The molecule has 0 saturated heterocycles. The highest BCUT2D eigenvalue weighted by molar-refractivity contribution is 7.90. The van der Waals surface area contributed by atoms with E-state index in [2.05, 4.69) is 10.0 Å². The predicted molar refractivity (Wildman–Crippen MR) is 106 cm³/mol. The molecule has 7 heteroatoms. The number of hydrogen-bond donors (Lipinski definition) is 2. The summed E-state index contributed by atoms with van der Waals surface area (Å²) in [5.41, 5.74) is 0.998. The van der Waals surface area contributed by atoms with E-state index in [-0.39, 0.29) is 6.04 Å². The Labute approximate surface area is 157 Å². The normalized spacial score (nSPS) is 21.3. The minimum absolute atomic E-state index is 0.0524. The van der Waals surface area contributed by atoms with E-state index in [0.717, 1.165) is 37.9 Å². The molecule has 1 saturated carbocycles. The van der Waals surface area contributed by atoms with Crippen LogP contribution in [0.2, 0.25) is 0 Å². The molecule has 1 fully saturated rings. The second-order valence-electron chi connectivity index (χ2n) is 7.90. The number of benzene rings is 1. The highest BCUT2D eigenvalue weighted by Gasteiger charge is 2.32. The first-order valence-corrected chi connectivity index (χ1v) is 10.6. The van der Waals surface area contributed by atoms with Crippen LogP contribution in [0.25, 0.3) is 0 Å². The molecule has 148 valence electrons. The van der Waals surface area contributed by atoms with Gasteiger partial charge in [0, 0.05) is 24.3 Å². The van der Waals surface area contributed by atoms with E-state index in [1.807, 2.05) is 18.2 Å². The second kappa shape index (κ2) is 8.48. The zero-order chi connectivity index (χ0) is 19.4. The molecule has 1 aliphatic carbocycles. The first-order chi connectivity index (χ1) is 12.2. The van der Waals surface area contributed by atoms with Crippen molar-refractivity contribution in [1.82, 2.24) is 4.72 Å². The van der Waals surface area contributed by atoms with Crippen molar-refractivity contribution in [1.29, 1.82) is 0 Å². The fraction of sp³-hybridized carbons (Fsp3) is 0.684. The number of methoxy groups -OCH3 is 2. The summed E-state index contributed by atoms with van der Waals surface area (Å²) in [6, 6.07) is 5.85. The molecule has 0 bridgehead atoms. The predicted octanol–water partition coefficient (Wildman–Crippen LogP) is 3.39. The van der Waals surface area contributed by atoms with Crippen LogP contribution in [0.3, 0.4) is 0 Å². The van der Waals surface area contributed by atoms with Crippen LogP contribution in [0.5, 0.6) is 11.5 Å². The molecule has 1 aromatic rings. The molecule has 0 atom stereocenters. The van der Waals surface area contributed by atoms with Gasteiger partial charge >= 0.3 is 0 Å². The summed E-state index contributed by atoms with van der Waals surface area (Å²) in [5, 5.41) is 3.45. The third-order valence-corrected chi connectivity index (χ3v) is 7.21. The van der Waals surface area contributed by atoms with Crippen molar-refractivity contribution in [2.75, 3.05) is 26.1 Å². The van der Waals surface area contributed by atoms with Crippen LogP contribution in [0.4, 0.5) is 5.69 Å². The Hall–Kier alpha value is -1.47. The molecule has 0 spiro atoms. The summed E-state index contributed by atoms with van der Waals surface area (Å²) in [6.45, 7) is 6.06. The Morgan fingerprint density at radius 2 is 1.65 bits per heavy atom. The molecule has 2 rings (SSSR count). The van der Waals surface area contributed by atoms with Gasteiger partial charge in [-0.2, -0.15) is 0 Å². The molecule has 1 aromatic carbocycles. The summed E-state index contributed by atoms with van der Waals surface area (Å²) in [7, 11) is -0.0270. The Morgan fingerprint density at radius 3 is 2.19 bits per heavy atom. The zero-order valence-corrected chi connectivity index (χ0v) is 17.3. The van der Waals surface area contributed by atoms with Crippen LogP contribution in [0.15, 0.2) is 18.2 Å². The van der Waals surface area contributed by atoms with Gasteiger partial charge in [0.25, 0.3) is 0 Å². The number of hydrogen-bond acceptors (Lipinski definition) is 5. The monoisotopic (exact) mass is 384 g/mol. The third kappa shape index (κ3) is 5.27. The van der Waals surface area contributed by atoms with E-state index in [1.165, 1.54) is 0 Å². The quantitative estimate of drug-likeness (QED) is 0.753. The van der Waals surface area contributed by atoms with Crippen LogP contribution in [-0.4, -0.2) is 40.0 Å². The molecular weight excluding hydrogens is 352 g/mol. The Bertz CT molecular complexity index is 690. The number of nitrogens with one attached hydrogen (secondary N) is 2. The number of sulfonamides is 1. The van der Waals surface area contributed by atoms with Gasteiger partial charge in [-0.25, -0.2) is 13.1 Å². The van der Waals surface area contributed by atoms with Crippen molar-refractivity contribution in [3.05, 3.63) is 18.2 Å². The molecule has 0 aromatic heterocycles. The molecule has 0 amide bonds. The topological polar surface area (TPSA) is 76.7 Å². The lowest BCUT2D eigenvalue weighted by molar-refractivity contribution is 0.322. The fourth-order valence-corrected chi connectivity index (χ4v) is 4.12. The number of rotatable bonds is 7. The van der Waals surface area contributed by atoms with Crippen LogP contribution in [0, 0.1) is 5.92 Å². The zero-order valence-electron chi connectivity index (χ0n) is 16.5. The lowest BCUT2D eigenvalue weighted by Gasteiger charge is -2.31. The van der Waals surface area contributed by atoms with Crippen LogP contribution in [-0.2, 0) is 10.0 Å². The maximum atomic E-state index is 12.3. The summed E-state index contributed by atoms with van der Waals surface area (Å²) in [4.78, 5) is 0. The van der Waals surface area contributed by atoms with Gasteiger partial charge in [0.05, 0.1) is 19.0 Å². The van der Waals surface area contributed by atoms with Crippen LogP contribution < -0.4 is 19.5 Å². The van der Waals surface area contributed by atoms with E-state index >= 15 is 0 Å². The van der Waals surface area contributed by atoms with Gasteiger partial charge in [0.1, 0.15) is 0 Å². The van der Waals surface area contributed by atoms with Crippen molar-refractivity contribution in [2.24, 2.45) is 5.92 Å². The molecule has 0 unspecified atom stereocenters. The second-order valence-corrected chi connectivity index (χ2v) is 10.4. The van der Waals surface area contributed by atoms with E-state index in [9.17, 15) is 8.42 Å². The first kappa shape index (κ1) is 20.8. The van der Waals surface area contributed by atoms with Crippen LogP contribution >= 0.6 is 0 Å². The molecule has 1 aliphatic rings. The van der Waals surface area contributed by atoms with Crippen molar-refractivity contribution in [2.45, 2.75) is 57.2 Å². The van der Waals surface area contributed by atoms with E-state index in [0.29, 0.717) is 17.4 Å². The van der Waals surface area contributed by atoms with E-state index < -0.39 is 14.8 Å². The molecule has 0 heterocycles. The summed E-state index contributed by atoms with van der Waals surface area (Å²) >= 11 is 0. The lowest BCUT2D eigenvalue weighted by atomic mass is 9.86. The molecule has 26 heavy (non-hydrogen) atoms. The molecule has 0 aliphatic heterocycles. The maximum Gasteiger partial charge on any atom is 0.216 e. The van der Waals surface area contributed by atoms with Crippen molar-refractivity contribution in [3.8, 4) is 11.5 Å². The van der Waals surface area contributed by atoms with Gasteiger partial charge in [0.15, 0.2) is 11.5 Å². The van der Waals surface area contributed by atoms with Gasteiger partial charge in [-0.3, -0.25) is 0 Å². The van der Waals surface area contributed by atoms with Crippen molar-refractivity contribution in [3.63, 3.8) is 0 Å². The molecule has 0 radical (unpaired) electrons. The van der Waals surface area contributed by atoms with Gasteiger partial charge in [-0.05, 0) is 64.5 Å². The minimum atomic E-state index is -3.28. The number of ether oxygens (including phenoxy) is 2. The lowest BCUT2D eigenvalue weighted by Crippen LogP contribution is -2.46. The summed E-state index contributed by atoms with van der Waals surface area (Å²) < 4.78 is 37.3. The first-order valence-electron chi connectivity index (χ1n) is 9.14. The maximum absolute atomic E-state index is 12.3. The highest BCUT2D eigenvalue weighted by atomic mass is 32.2. The molecular formula is C19H32N2O4S. The summed E-state index contributed by atoms with van der Waals surface area (Å²) in [5.74, 6) is 1.96. The van der Waals surface area contributed by atoms with Gasteiger partial charge in [-0.15, -0.1) is 0 Å². The Balaban J connectivity index is 1.82. The average molecular weight is 385 g/mol. The van der Waals surface area contributed by atoms with Gasteiger partial charge in [-0.1, -0.05) is 0 Å². The van der Waals surface area contributed by atoms with E-state index in [1.54, 1.807) is 35.0 Å². The standard InChI is InChI=1S/C19H32N2O4S/c1-19(2,3)26(22,23)21-15-8-6-14(7-9-15)13-20-16-10-11-17(24-4)18(12-16)25-5/h10-12,14-15,20-21H,6-9,13H2,1-5H3/t14-,15-. The largest absolute Gasteiger partial charge is 0.493 e. The Kier molecular flexibility index (Phi) is 6.80. The fourth-order valence-electron chi connectivity index (χ4n) is 3.09. The average Bonchev–Trinajstić information content (AvgIpc) is 2.59. The Morgan fingerprint density at radius 1 is 1.04 bits per heavy atom. The third-order valence-electron chi connectivity index (χ3n) is 4.95. The molecule has 2 N–H and O–H groups in total. The minimum Gasteiger partial charge on any atom is -0.493 e. The van der Waals surface area contributed by atoms with Crippen molar-refractivity contribution < 1.29 is 17.9 Å². The smallest absolute Gasteiger partial charge is 0.216 e. The number of anilines is 1. The molecule has 6 nitrogen and oxygen atoms in total. The van der Waals surface area contributed by atoms with E-state index in [4.69, 9.17) is 9.47 Å². The summed E-state index contributed by atoms with van der Waals surface area (Å²) in [6.07, 6.45) is 3.79. The van der Waals surface area contributed by atoms with Gasteiger partial charge < -0.3 is 14.8 Å². The highest BCUT2D eigenvalue weighted by Crippen LogP contribution is 2.31.